The molecule has 1 aliphatic heterocycles. The minimum Gasteiger partial charge on any atom is -0.384 e. The van der Waals surface area contributed by atoms with Gasteiger partial charge >= 0.3 is 0 Å². The van der Waals surface area contributed by atoms with Gasteiger partial charge in [-0.1, -0.05) is 0 Å². The summed E-state index contributed by atoms with van der Waals surface area (Å²) in [4.78, 5) is 20.9. The van der Waals surface area contributed by atoms with Crippen molar-refractivity contribution in [3.05, 3.63) is 11.8 Å². The van der Waals surface area contributed by atoms with Crippen LogP contribution in [0.1, 0.15) is 0 Å². The molecule has 0 atom stereocenters. The summed E-state index contributed by atoms with van der Waals surface area (Å²) >= 11 is 0. The van der Waals surface area contributed by atoms with Crippen LogP contribution in [0.4, 0.5) is 0 Å². The first-order valence-electron chi connectivity index (χ1n) is 2.49. The first-order valence-corrected chi connectivity index (χ1v) is 2.49. The molecule has 0 unspecified atom stereocenters. The Hall–Kier alpha value is -1.32. The van der Waals surface area contributed by atoms with E-state index in [0.717, 1.165) is 0 Å². The van der Waals surface area contributed by atoms with Crippen molar-refractivity contribution in [3.63, 3.8) is 0 Å². The summed E-state index contributed by atoms with van der Waals surface area (Å²) < 4.78 is 0. The molecule has 0 saturated heterocycles. The smallest absolute Gasteiger partial charge is 0.274 e. The lowest BCUT2D eigenvalue weighted by Crippen LogP contribution is -2.25. The van der Waals surface area contributed by atoms with Crippen molar-refractivity contribution in [2.75, 3.05) is 7.05 Å². The lowest BCUT2D eigenvalue weighted by Gasteiger charge is -1.93. The highest BCUT2D eigenvalue weighted by Gasteiger charge is 2.18. The fraction of sp³-hybridized carbons (Fsp3) is 0.200. The average Bonchev–Trinajstić information content (AvgIpc) is 2.10. The Kier molecular flexibility index (Phi) is 1.22. The molecule has 1 aliphatic rings. The van der Waals surface area contributed by atoms with Crippen LogP contribution in [0, 0.1) is 0 Å². The summed E-state index contributed by atoms with van der Waals surface area (Å²) in [5.74, 6) is -0.716. The second-order valence-corrected chi connectivity index (χ2v) is 1.63. The topological polar surface area (TPSA) is 58.2 Å². The molecule has 0 saturated carbocycles. The van der Waals surface area contributed by atoms with Crippen molar-refractivity contribution in [2.45, 2.75) is 0 Å². The first-order chi connectivity index (χ1) is 4.24. The van der Waals surface area contributed by atoms with Crippen LogP contribution in [0.3, 0.4) is 0 Å². The summed E-state index contributed by atoms with van der Waals surface area (Å²) in [5, 5.41) is 4.66. The molecule has 0 aromatic rings. The van der Waals surface area contributed by atoms with Gasteiger partial charge in [-0.3, -0.25) is 14.9 Å². The maximum atomic E-state index is 10.6. The van der Waals surface area contributed by atoms with Crippen LogP contribution in [-0.2, 0) is 9.59 Å². The third kappa shape index (κ3) is 0.910. The molecule has 0 radical (unpaired) electrons. The van der Waals surface area contributed by atoms with Crippen molar-refractivity contribution in [1.29, 1.82) is 0 Å². The van der Waals surface area contributed by atoms with Crippen LogP contribution in [0.2, 0.25) is 0 Å². The summed E-state index contributed by atoms with van der Waals surface area (Å²) in [6.07, 6.45) is 1.22. The number of likely N-dealkylation sites (N-methyl/N-ethyl adjacent to an activating group) is 1. The van der Waals surface area contributed by atoms with Crippen LogP contribution in [0.25, 0.3) is 0 Å². The van der Waals surface area contributed by atoms with Gasteiger partial charge in [0, 0.05) is 13.1 Å². The van der Waals surface area contributed by atoms with Gasteiger partial charge in [0.05, 0.1) is 0 Å². The molecule has 0 aromatic heterocycles. The number of amides is 2. The predicted molar refractivity (Wildman–Crippen MR) is 30.3 cm³/mol. The van der Waals surface area contributed by atoms with E-state index < -0.39 is 0 Å². The summed E-state index contributed by atoms with van der Waals surface area (Å²) in [7, 11) is 1.59. The predicted octanol–water partition coefficient (Wildman–Crippen LogP) is -1.25. The average molecular weight is 126 g/mol. The number of carbonyl (C=O) groups is 2. The molecule has 1 rings (SSSR count). The summed E-state index contributed by atoms with van der Waals surface area (Å²) in [5.41, 5.74) is 0.319. The summed E-state index contributed by atoms with van der Waals surface area (Å²) in [6.45, 7) is 0. The van der Waals surface area contributed by atoms with Gasteiger partial charge in [0.25, 0.3) is 11.8 Å². The van der Waals surface area contributed by atoms with E-state index >= 15 is 0 Å². The van der Waals surface area contributed by atoms with Crippen LogP contribution in [0.15, 0.2) is 11.8 Å². The van der Waals surface area contributed by atoms with Gasteiger partial charge in [-0.2, -0.15) is 0 Å². The molecule has 0 fully saturated rings. The van der Waals surface area contributed by atoms with Gasteiger partial charge in [-0.25, -0.2) is 0 Å². The van der Waals surface area contributed by atoms with Crippen LogP contribution >= 0.6 is 0 Å². The fourth-order valence-corrected chi connectivity index (χ4v) is 0.598. The van der Waals surface area contributed by atoms with E-state index in [-0.39, 0.29) is 11.8 Å². The third-order valence-corrected chi connectivity index (χ3v) is 1.03. The maximum absolute atomic E-state index is 10.6. The normalized spacial score (nSPS) is 17.2. The van der Waals surface area contributed by atoms with Crippen molar-refractivity contribution in [2.24, 2.45) is 0 Å². The minimum atomic E-state index is -0.359. The highest BCUT2D eigenvalue weighted by molar-refractivity contribution is 6.15. The Labute approximate surface area is 51.9 Å². The number of hydrogen-bond donors (Lipinski definition) is 2. The molecule has 2 N–H and O–H groups in total. The Morgan fingerprint density at radius 2 is 2.22 bits per heavy atom. The fourth-order valence-electron chi connectivity index (χ4n) is 0.598. The number of nitrogens with one attached hydrogen (secondary N) is 2. The largest absolute Gasteiger partial charge is 0.384 e. The highest BCUT2D eigenvalue weighted by Crippen LogP contribution is 1.94. The number of carbonyl (C=O) groups excluding carboxylic acids is 2. The minimum absolute atomic E-state index is 0.319. The van der Waals surface area contributed by atoms with Crippen molar-refractivity contribution >= 4 is 11.8 Å². The zero-order valence-corrected chi connectivity index (χ0v) is 4.89. The molecular formula is C5H6N2O2. The van der Waals surface area contributed by atoms with Gasteiger partial charge in [-0.05, 0) is 0 Å². The molecule has 4 nitrogen and oxygen atoms in total. The van der Waals surface area contributed by atoms with E-state index in [1.165, 1.54) is 6.08 Å². The molecule has 4 heteroatoms. The van der Waals surface area contributed by atoms with Crippen molar-refractivity contribution in [3.8, 4) is 0 Å². The molecular weight excluding hydrogens is 120 g/mol. The zero-order chi connectivity index (χ0) is 6.85. The molecule has 0 bridgehead atoms. The Bertz CT molecular complexity index is 195. The van der Waals surface area contributed by atoms with Gasteiger partial charge in [-0.15, -0.1) is 0 Å². The van der Waals surface area contributed by atoms with Crippen molar-refractivity contribution in [1.82, 2.24) is 10.6 Å². The van der Waals surface area contributed by atoms with Gasteiger partial charge in [0.2, 0.25) is 0 Å². The van der Waals surface area contributed by atoms with E-state index in [1.807, 2.05) is 0 Å². The van der Waals surface area contributed by atoms with Crippen LogP contribution < -0.4 is 10.6 Å². The molecule has 48 valence electrons. The Morgan fingerprint density at radius 1 is 1.56 bits per heavy atom. The van der Waals surface area contributed by atoms with E-state index in [0.29, 0.717) is 5.70 Å². The van der Waals surface area contributed by atoms with E-state index in [9.17, 15) is 9.59 Å². The molecule has 0 spiro atoms. The number of rotatable bonds is 1. The number of imide groups is 1. The number of hydrogen-bond acceptors (Lipinski definition) is 3. The molecule has 9 heavy (non-hydrogen) atoms. The molecule has 0 aliphatic carbocycles. The molecule has 1 heterocycles. The second-order valence-electron chi connectivity index (χ2n) is 1.63. The van der Waals surface area contributed by atoms with E-state index in [4.69, 9.17) is 0 Å². The zero-order valence-electron chi connectivity index (χ0n) is 4.89. The highest BCUT2D eigenvalue weighted by atomic mass is 16.2. The van der Waals surface area contributed by atoms with Gasteiger partial charge in [0.1, 0.15) is 5.70 Å². The van der Waals surface area contributed by atoms with Crippen molar-refractivity contribution < 1.29 is 9.59 Å². The quantitative estimate of drug-likeness (QED) is 0.431. The monoisotopic (exact) mass is 126 g/mol. The second kappa shape index (κ2) is 1.89. The Balaban J connectivity index is 2.80. The van der Waals surface area contributed by atoms with Crippen LogP contribution in [-0.4, -0.2) is 18.9 Å². The SMILES string of the molecule is CNC1=CC(=O)NC1=O. The van der Waals surface area contributed by atoms with E-state index in [2.05, 4.69) is 10.6 Å². The van der Waals surface area contributed by atoms with Crippen LogP contribution in [0.5, 0.6) is 0 Å². The van der Waals surface area contributed by atoms with Gasteiger partial charge < -0.3 is 5.32 Å². The molecule has 0 aromatic carbocycles. The van der Waals surface area contributed by atoms with E-state index in [1.54, 1.807) is 7.05 Å². The van der Waals surface area contributed by atoms with Gasteiger partial charge in [0.15, 0.2) is 0 Å². The standard InChI is InChI=1S/C5H6N2O2/c1-6-3-2-4(8)7-5(3)9/h2H,1H3,(H2,6,7,8,9). The third-order valence-electron chi connectivity index (χ3n) is 1.03. The summed E-state index contributed by atoms with van der Waals surface area (Å²) in [6, 6.07) is 0. The first kappa shape index (κ1) is 5.81. The molecule has 2 amide bonds. The Morgan fingerprint density at radius 3 is 2.44 bits per heavy atom. The maximum Gasteiger partial charge on any atom is 0.274 e. The lowest BCUT2D eigenvalue weighted by molar-refractivity contribution is -0.123. The lowest BCUT2D eigenvalue weighted by atomic mass is 10.4.